The van der Waals surface area contributed by atoms with Gasteiger partial charge in [-0.15, -0.1) is 0 Å². The van der Waals surface area contributed by atoms with Crippen molar-refractivity contribution in [3.05, 3.63) is 33.8 Å². The van der Waals surface area contributed by atoms with Crippen LogP contribution in [-0.2, 0) is 6.42 Å². The largest absolute Gasteiger partial charge is 0.325 e. The molecule has 0 bridgehead atoms. The maximum atomic E-state index is 6.58. The Morgan fingerprint density at radius 1 is 1.22 bits per heavy atom. The van der Waals surface area contributed by atoms with E-state index in [9.17, 15) is 0 Å². The Morgan fingerprint density at radius 3 is 2.61 bits per heavy atom. The standard InChI is InChI=1S/C15H21Cl2N/c1-14(2)7-4-8-15(18,10-14)9-11-5-3-6-12(16)13(11)17/h3,5-6H,4,7-10,18H2,1-2H3. The number of hydrogen-bond donors (Lipinski definition) is 1. The minimum absolute atomic E-state index is 0.143. The Morgan fingerprint density at radius 2 is 1.94 bits per heavy atom. The van der Waals surface area contributed by atoms with Crippen LogP contribution in [-0.4, -0.2) is 5.54 Å². The van der Waals surface area contributed by atoms with Crippen LogP contribution in [0, 0.1) is 5.41 Å². The number of nitrogens with two attached hydrogens (primary N) is 1. The Labute approximate surface area is 120 Å². The van der Waals surface area contributed by atoms with Gasteiger partial charge in [0.25, 0.3) is 0 Å². The molecule has 1 aliphatic carbocycles. The topological polar surface area (TPSA) is 26.0 Å². The second kappa shape index (κ2) is 5.03. The summed E-state index contributed by atoms with van der Waals surface area (Å²) in [7, 11) is 0. The van der Waals surface area contributed by atoms with Gasteiger partial charge in [-0.25, -0.2) is 0 Å². The smallest absolute Gasteiger partial charge is 0.0624 e. The summed E-state index contributed by atoms with van der Waals surface area (Å²) in [4.78, 5) is 0. The quantitative estimate of drug-likeness (QED) is 0.827. The number of benzene rings is 1. The Bertz CT molecular complexity index is 442. The average Bonchev–Trinajstić information content (AvgIpc) is 2.22. The number of halogens is 2. The van der Waals surface area contributed by atoms with Gasteiger partial charge in [-0.1, -0.05) is 55.6 Å². The van der Waals surface area contributed by atoms with Gasteiger partial charge >= 0.3 is 0 Å². The first kappa shape index (κ1) is 14.2. The highest BCUT2D eigenvalue weighted by Crippen LogP contribution is 2.42. The van der Waals surface area contributed by atoms with Crippen LogP contribution >= 0.6 is 23.2 Å². The Kier molecular flexibility index (Phi) is 3.96. The molecule has 0 spiro atoms. The third-order valence-electron chi connectivity index (χ3n) is 3.93. The molecule has 0 heterocycles. The van der Waals surface area contributed by atoms with Gasteiger partial charge in [-0.3, -0.25) is 0 Å². The lowest BCUT2D eigenvalue weighted by Gasteiger charge is -2.43. The lowest BCUT2D eigenvalue weighted by atomic mass is 9.66. The maximum Gasteiger partial charge on any atom is 0.0624 e. The highest BCUT2D eigenvalue weighted by molar-refractivity contribution is 6.42. The lowest BCUT2D eigenvalue weighted by Crippen LogP contribution is -2.48. The minimum atomic E-state index is -0.143. The van der Waals surface area contributed by atoms with Gasteiger partial charge in [0.05, 0.1) is 10.0 Å². The van der Waals surface area contributed by atoms with Crippen LogP contribution < -0.4 is 5.73 Å². The second-order valence-corrected chi connectivity index (χ2v) is 7.23. The molecule has 2 N–H and O–H groups in total. The van der Waals surface area contributed by atoms with Crippen molar-refractivity contribution in [3.63, 3.8) is 0 Å². The monoisotopic (exact) mass is 285 g/mol. The predicted molar refractivity (Wildman–Crippen MR) is 79.3 cm³/mol. The van der Waals surface area contributed by atoms with Crippen molar-refractivity contribution < 1.29 is 0 Å². The van der Waals surface area contributed by atoms with Gasteiger partial charge < -0.3 is 5.73 Å². The van der Waals surface area contributed by atoms with Crippen molar-refractivity contribution in [2.75, 3.05) is 0 Å². The molecule has 0 radical (unpaired) electrons. The molecular formula is C15H21Cl2N. The van der Waals surface area contributed by atoms with Crippen molar-refractivity contribution in [1.82, 2.24) is 0 Å². The molecule has 0 saturated heterocycles. The van der Waals surface area contributed by atoms with Crippen LogP contribution in [0.1, 0.15) is 45.1 Å². The van der Waals surface area contributed by atoms with Gasteiger partial charge in [0, 0.05) is 5.54 Å². The van der Waals surface area contributed by atoms with Crippen LogP contribution in [0.2, 0.25) is 10.0 Å². The molecule has 1 atom stereocenters. The molecule has 3 heteroatoms. The zero-order valence-electron chi connectivity index (χ0n) is 11.1. The molecule has 2 rings (SSSR count). The molecule has 1 aromatic rings. The summed E-state index contributed by atoms with van der Waals surface area (Å²) in [6, 6.07) is 5.80. The van der Waals surface area contributed by atoms with E-state index in [1.807, 2.05) is 18.2 Å². The molecule has 1 aliphatic rings. The van der Waals surface area contributed by atoms with E-state index in [1.165, 1.54) is 12.8 Å². The summed E-state index contributed by atoms with van der Waals surface area (Å²) in [6.07, 6.45) is 5.38. The fourth-order valence-corrected chi connectivity index (χ4v) is 3.65. The van der Waals surface area contributed by atoms with Crippen LogP contribution in [0.3, 0.4) is 0 Å². The zero-order valence-corrected chi connectivity index (χ0v) is 12.6. The van der Waals surface area contributed by atoms with E-state index in [1.54, 1.807) is 0 Å². The molecule has 0 aliphatic heterocycles. The summed E-state index contributed by atoms with van der Waals surface area (Å²) in [5.74, 6) is 0. The van der Waals surface area contributed by atoms with E-state index in [-0.39, 0.29) is 5.54 Å². The first-order valence-electron chi connectivity index (χ1n) is 6.53. The van der Waals surface area contributed by atoms with Gasteiger partial charge in [-0.2, -0.15) is 0 Å². The Hall–Kier alpha value is -0.240. The van der Waals surface area contributed by atoms with Gasteiger partial charge in [0.15, 0.2) is 0 Å². The number of hydrogen-bond acceptors (Lipinski definition) is 1. The van der Waals surface area contributed by atoms with E-state index in [0.717, 1.165) is 24.8 Å². The average molecular weight is 286 g/mol. The first-order valence-corrected chi connectivity index (χ1v) is 7.29. The normalized spacial score (nSPS) is 27.2. The highest BCUT2D eigenvalue weighted by Gasteiger charge is 2.37. The summed E-state index contributed by atoms with van der Waals surface area (Å²) >= 11 is 12.3. The SMILES string of the molecule is CC1(C)CCCC(N)(Cc2cccc(Cl)c2Cl)C1. The van der Waals surface area contributed by atoms with E-state index in [4.69, 9.17) is 28.9 Å². The fraction of sp³-hybridized carbons (Fsp3) is 0.600. The molecule has 1 nitrogen and oxygen atoms in total. The minimum Gasteiger partial charge on any atom is -0.325 e. The summed E-state index contributed by atoms with van der Waals surface area (Å²) in [6.45, 7) is 4.60. The molecule has 1 saturated carbocycles. The molecule has 1 fully saturated rings. The molecular weight excluding hydrogens is 265 g/mol. The van der Waals surface area contributed by atoms with Crippen molar-refractivity contribution >= 4 is 23.2 Å². The van der Waals surface area contributed by atoms with Crippen molar-refractivity contribution in [1.29, 1.82) is 0 Å². The molecule has 18 heavy (non-hydrogen) atoms. The van der Waals surface area contributed by atoms with Gasteiger partial charge in [0.2, 0.25) is 0 Å². The van der Waals surface area contributed by atoms with E-state index < -0.39 is 0 Å². The maximum absolute atomic E-state index is 6.58. The van der Waals surface area contributed by atoms with Crippen LogP contribution in [0.15, 0.2) is 18.2 Å². The first-order chi connectivity index (χ1) is 8.31. The highest BCUT2D eigenvalue weighted by atomic mass is 35.5. The molecule has 0 amide bonds. The van der Waals surface area contributed by atoms with Gasteiger partial charge in [0.1, 0.15) is 0 Å². The summed E-state index contributed by atoms with van der Waals surface area (Å²) in [5.41, 5.74) is 7.85. The lowest BCUT2D eigenvalue weighted by molar-refractivity contribution is 0.151. The van der Waals surface area contributed by atoms with Crippen molar-refractivity contribution in [3.8, 4) is 0 Å². The van der Waals surface area contributed by atoms with Crippen LogP contribution in [0.4, 0.5) is 0 Å². The van der Waals surface area contributed by atoms with E-state index in [2.05, 4.69) is 13.8 Å². The third kappa shape index (κ3) is 3.20. The van der Waals surface area contributed by atoms with Crippen molar-refractivity contribution in [2.45, 2.75) is 51.5 Å². The third-order valence-corrected chi connectivity index (χ3v) is 4.79. The molecule has 1 unspecified atom stereocenters. The van der Waals surface area contributed by atoms with Gasteiger partial charge in [-0.05, 0) is 42.7 Å². The van der Waals surface area contributed by atoms with Crippen molar-refractivity contribution in [2.24, 2.45) is 11.1 Å². The molecule has 1 aromatic carbocycles. The Balaban J connectivity index is 2.20. The molecule has 100 valence electrons. The number of rotatable bonds is 2. The fourth-order valence-electron chi connectivity index (χ4n) is 3.26. The van der Waals surface area contributed by atoms with E-state index >= 15 is 0 Å². The molecule has 0 aromatic heterocycles. The summed E-state index contributed by atoms with van der Waals surface area (Å²) < 4.78 is 0. The zero-order chi connectivity index (χ0) is 13.4. The van der Waals surface area contributed by atoms with Crippen LogP contribution in [0.5, 0.6) is 0 Å². The predicted octanol–water partition coefficient (Wildman–Crippen LogP) is 4.83. The van der Waals surface area contributed by atoms with Crippen LogP contribution in [0.25, 0.3) is 0 Å². The summed E-state index contributed by atoms with van der Waals surface area (Å²) in [5, 5.41) is 1.28. The second-order valence-electron chi connectivity index (χ2n) is 6.45. The van der Waals surface area contributed by atoms with E-state index in [0.29, 0.717) is 15.5 Å².